The van der Waals surface area contributed by atoms with Gasteiger partial charge in [-0.15, -0.1) is 11.6 Å². The molecule has 2 aromatic heterocycles. The normalized spacial score (nSPS) is 10.9. The Hall–Kier alpha value is -1.87. The van der Waals surface area contributed by atoms with Crippen LogP contribution in [-0.4, -0.2) is 14.8 Å². The standard InChI is InChI=1S/C13H10ClN3/c14-9-10-6-8-17(16-10)13-5-1-4-12-11(13)3-2-7-15-12/h1-8H,9H2. The van der Waals surface area contributed by atoms with E-state index in [1.165, 1.54) is 0 Å². The summed E-state index contributed by atoms with van der Waals surface area (Å²) in [5.74, 6) is 0.427. The number of hydrogen-bond donors (Lipinski definition) is 0. The zero-order valence-corrected chi connectivity index (χ0v) is 9.80. The van der Waals surface area contributed by atoms with Gasteiger partial charge in [0.1, 0.15) is 0 Å². The molecular formula is C13H10ClN3. The summed E-state index contributed by atoms with van der Waals surface area (Å²) in [5.41, 5.74) is 2.85. The van der Waals surface area contributed by atoms with Crippen molar-refractivity contribution >= 4 is 22.5 Å². The molecule has 1 aromatic carbocycles. The number of benzene rings is 1. The predicted molar refractivity (Wildman–Crippen MR) is 68.4 cm³/mol. The van der Waals surface area contributed by atoms with Crippen LogP contribution in [0.2, 0.25) is 0 Å². The highest BCUT2D eigenvalue weighted by Gasteiger charge is 2.04. The van der Waals surface area contributed by atoms with Crippen LogP contribution in [0.15, 0.2) is 48.8 Å². The van der Waals surface area contributed by atoms with Crippen molar-refractivity contribution in [3.05, 3.63) is 54.5 Å². The fourth-order valence-corrected chi connectivity index (χ4v) is 2.00. The van der Waals surface area contributed by atoms with Crippen LogP contribution in [-0.2, 0) is 5.88 Å². The van der Waals surface area contributed by atoms with Crippen molar-refractivity contribution in [2.24, 2.45) is 0 Å². The zero-order valence-electron chi connectivity index (χ0n) is 9.05. The van der Waals surface area contributed by atoms with Crippen LogP contribution in [0.25, 0.3) is 16.6 Å². The molecule has 0 N–H and O–H groups in total. The summed E-state index contributed by atoms with van der Waals surface area (Å²) >= 11 is 5.76. The molecule has 0 bridgehead atoms. The molecule has 0 radical (unpaired) electrons. The van der Waals surface area contributed by atoms with Crippen LogP contribution in [0.4, 0.5) is 0 Å². The van der Waals surface area contributed by atoms with Crippen molar-refractivity contribution < 1.29 is 0 Å². The molecule has 0 atom stereocenters. The molecule has 0 saturated carbocycles. The van der Waals surface area contributed by atoms with Crippen molar-refractivity contribution in [1.82, 2.24) is 14.8 Å². The van der Waals surface area contributed by atoms with E-state index < -0.39 is 0 Å². The average molecular weight is 244 g/mol. The predicted octanol–water partition coefficient (Wildman–Crippen LogP) is 3.16. The van der Waals surface area contributed by atoms with Crippen LogP contribution in [0.5, 0.6) is 0 Å². The first-order chi connectivity index (χ1) is 8.38. The van der Waals surface area contributed by atoms with Crippen LogP contribution in [0.3, 0.4) is 0 Å². The van der Waals surface area contributed by atoms with Gasteiger partial charge in [0.25, 0.3) is 0 Å². The molecule has 3 aromatic rings. The van der Waals surface area contributed by atoms with E-state index in [-0.39, 0.29) is 0 Å². The summed E-state index contributed by atoms with van der Waals surface area (Å²) in [5, 5.41) is 5.49. The maximum atomic E-state index is 5.76. The Kier molecular flexibility index (Phi) is 2.53. The Morgan fingerprint density at radius 2 is 2.06 bits per heavy atom. The van der Waals surface area contributed by atoms with Crippen LogP contribution < -0.4 is 0 Å². The second-order valence-electron chi connectivity index (χ2n) is 3.73. The molecule has 0 fully saturated rings. The summed E-state index contributed by atoms with van der Waals surface area (Å²) in [4.78, 5) is 4.33. The lowest BCUT2D eigenvalue weighted by Gasteiger charge is -2.05. The lowest BCUT2D eigenvalue weighted by atomic mass is 10.2. The molecule has 0 aliphatic rings. The molecule has 3 rings (SSSR count). The highest BCUT2D eigenvalue weighted by atomic mass is 35.5. The minimum atomic E-state index is 0.427. The van der Waals surface area contributed by atoms with Gasteiger partial charge in [0.15, 0.2) is 0 Å². The molecule has 0 saturated heterocycles. The number of fused-ring (bicyclic) bond motifs is 1. The Morgan fingerprint density at radius 3 is 2.88 bits per heavy atom. The third-order valence-corrected chi connectivity index (χ3v) is 2.92. The maximum Gasteiger partial charge on any atom is 0.0776 e. The molecule has 0 aliphatic heterocycles. The van der Waals surface area contributed by atoms with Gasteiger partial charge in [0, 0.05) is 17.8 Å². The molecule has 3 nitrogen and oxygen atoms in total. The molecule has 0 unspecified atom stereocenters. The van der Waals surface area contributed by atoms with Gasteiger partial charge < -0.3 is 0 Å². The van der Waals surface area contributed by atoms with Crippen molar-refractivity contribution in [3.8, 4) is 5.69 Å². The maximum absolute atomic E-state index is 5.76. The number of halogens is 1. The topological polar surface area (TPSA) is 30.7 Å². The summed E-state index contributed by atoms with van der Waals surface area (Å²) in [7, 11) is 0. The highest BCUT2D eigenvalue weighted by molar-refractivity contribution is 6.16. The summed E-state index contributed by atoms with van der Waals surface area (Å²) in [6, 6.07) is 11.9. The number of rotatable bonds is 2. The van der Waals surface area contributed by atoms with Crippen molar-refractivity contribution in [2.45, 2.75) is 5.88 Å². The fourth-order valence-electron chi connectivity index (χ4n) is 1.85. The molecular weight excluding hydrogens is 234 g/mol. The largest absolute Gasteiger partial charge is 0.256 e. The van der Waals surface area contributed by atoms with E-state index in [0.29, 0.717) is 5.88 Å². The first-order valence-electron chi connectivity index (χ1n) is 5.33. The van der Waals surface area contributed by atoms with E-state index >= 15 is 0 Å². The summed E-state index contributed by atoms with van der Waals surface area (Å²) < 4.78 is 1.84. The zero-order chi connectivity index (χ0) is 11.7. The van der Waals surface area contributed by atoms with Crippen LogP contribution in [0, 0.1) is 0 Å². The van der Waals surface area contributed by atoms with E-state index in [4.69, 9.17) is 11.6 Å². The molecule has 0 aliphatic carbocycles. The average Bonchev–Trinajstić information content (AvgIpc) is 2.87. The third kappa shape index (κ3) is 1.78. The van der Waals surface area contributed by atoms with Gasteiger partial charge >= 0.3 is 0 Å². The first kappa shape index (κ1) is 10.3. The van der Waals surface area contributed by atoms with Crippen molar-refractivity contribution in [2.75, 3.05) is 0 Å². The van der Waals surface area contributed by atoms with Gasteiger partial charge in [-0.3, -0.25) is 4.98 Å². The van der Waals surface area contributed by atoms with Gasteiger partial charge in [-0.2, -0.15) is 5.10 Å². The Bertz CT molecular complexity index is 655. The monoisotopic (exact) mass is 243 g/mol. The lowest BCUT2D eigenvalue weighted by molar-refractivity contribution is 0.865. The Labute approximate surface area is 104 Å². The number of aromatic nitrogens is 3. The number of hydrogen-bond acceptors (Lipinski definition) is 2. The summed E-state index contributed by atoms with van der Waals surface area (Å²) in [6.07, 6.45) is 3.71. The highest BCUT2D eigenvalue weighted by Crippen LogP contribution is 2.20. The SMILES string of the molecule is ClCc1ccn(-c2cccc3ncccc23)n1. The molecule has 2 heterocycles. The first-order valence-corrected chi connectivity index (χ1v) is 5.86. The third-order valence-electron chi connectivity index (χ3n) is 2.65. The van der Waals surface area contributed by atoms with Crippen LogP contribution >= 0.6 is 11.6 Å². The van der Waals surface area contributed by atoms with Crippen molar-refractivity contribution in [3.63, 3.8) is 0 Å². The van der Waals surface area contributed by atoms with Gasteiger partial charge in [-0.1, -0.05) is 6.07 Å². The van der Waals surface area contributed by atoms with Gasteiger partial charge in [0.05, 0.1) is 22.8 Å². The van der Waals surface area contributed by atoms with E-state index in [1.807, 2.05) is 47.3 Å². The molecule has 17 heavy (non-hydrogen) atoms. The van der Waals surface area contributed by atoms with Crippen LogP contribution in [0.1, 0.15) is 5.69 Å². The summed E-state index contributed by atoms with van der Waals surface area (Å²) in [6.45, 7) is 0. The van der Waals surface area contributed by atoms with Gasteiger partial charge in [-0.05, 0) is 30.3 Å². The molecule has 0 amide bonds. The fraction of sp³-hybridized carbons (Fsp3) is 0.0769. The quantitative estimate of drug-likeness (QED) is 0.648. The molecule has 4 heteroatoms. The Balaban J connectivity index is 2.23. The van der Waals surface area contributed by atoms with E-state index in [0.717, 1.165) is 22.3 Å². The second-order valence-corrected chi connectivity index (χ2v) is 4.00. The minimum absolute atomic E-state index is 0.427. The number of nitrogens with zero attached hydrogens (tertiary/aromatic N) is 3. The molecule has 0 spiro atoms. The van der Waals surface area contributed by atoms with E-state index in [9.17, 15) is 0 Å². The van der Waals surface area contributed by atoms with E-state index in [2.05, 4.69) is 10.1 Å². The molecule has 84 valence electrons. The Morgan fingerprint density at radius 1 is 1.12 bits per heavy atom. The van der Waals surface area contributed by atoms with Crippen molar-refractivity contribution in [1.29, 1.82) is 0 Å². The van der Waals surface area contributed by atoms with Gasteiger partial charge in [0.2, 0.25) is 0 Å². The number of alkyl halides is 1. The second kappa shape index (κ2) is 4.18. The lowest BCUT2D eigenvalue weighted by Crippen LogP contribution is -1.97. The van der Waals surface area contributed by atoms with Gasteiger partial charge in [-0.25, -0.2) is 4.68 Å². The van der Waals surface area contributed by atoms with E-state index in [1.54, 1.807) is 6.20 Å². The smallest absolute Gasteiger partial charge is 0.0776 e. The number of pyridine rings is 1. The minimum Gasteiger partial charge on any atom is -0.256 e.